The molecule has 0 aliphatic rings. The van der Waals surface area contributed by atoms with Gasteiger partial charge in [-0.3, -0.25) is 9.59 Å². The van der Waals surface area contributed by atoms with Crippen LogP contribution in [0.5, 0.6) is 0 Å². The summed E-state index contributed by atoms with van der Waals surface area (Å²) in [7, 11) is 3.43. The molecule has 1 aromatic rings. The van der Waals surface area contributed by atoms with Crippen LogP contribution in [0, 0.1) is 6.92 Å². The Hall–Kier alpha value is -2.04. The van der Waals surface area contributed by atoms with Gasteiger partial charge in [-0.2, -0.15) is 0 Å². The predicted molar refractivity (Wildman–Crippen MR) is 79.2 cm³/mol. The second-order valence-electron chi connectivity index (χ2n) is 5.21. The lowest BCUT2D eigenvalue weighted by Crippen LogP contribution is -2.22. The first-order valence-electron chi connectivity index (χ1n) is 6.62. The number of aliphatic carboxylic acids is 1. The van der Waals surface area contributed by atoms with E-state index in [1.165, 1.54) is 4.90 Å². The second kappa shape index (κ2) is 6.93. The summed E-state index contributed by atoms with van der Waals surface area (Å²) in [6, 6.07) is 5.54. The summed E-state index contributed by atoms with van der Waals surface area (Å²) in [5.41, 5.74) is 2.52. The number of carboxylic acid groups (broad SMARTS) is 1. The number of carboxylic acids is 1. The fourth-order valence-corrected chi connectivity index (χ4v) is 1.85. The summed E-state index contributed by atoms with van der Waals surface area (Å²) < 4.78 is 0. The van der Waals surface area contributed by atoms with Crippen molar-refractivity contribution < 1.29 is 14.7 Å². The van der Waals surface area contributed by atoms with E-state index in [2.05, 4.69) is 5.32 Å². The quantitative estimate of drug-likeness (QED) is 0.838. The average Bonchev–Trinajstić information content (AvgIpc) is 2.38. The maximum atomic E-state index is 11.9. The minimum Gasteiger partial charge on any atom is -0.481 e. The number of aryl methyl sites for hydroxylation is 1. The molecule has 1 rings (SSSR count). The zero-order chi connectivity index (χ0) is 15.3. The molecular formula is C15H22N2O3. The van der Waals surface area contributed by atoms with Crippen molar-refractivity contribution in [1.82, 2.24) is 4.90 Å². The van der Waals surface area contributed by atoms with Gasteiger partial charge in [0, 0.05) is 37.8 Å². The summed E-state index contributed by atoms with van der Waals surface area (Å²) >= 11 is 0. The molecule has 0 aliphatic heterocycles. The van der Waals surface area contributed by atoms with E-state index >= 15 is 0 Å². The van der Waals surface area contributed by atoms with Gasteiger partial charge in [-0.25, -0.2) is 0 Å². The first-order valence-corrected chi connectivity index (χ1v) is 6.62. The number of amides is 1. The van der Waals surface area contributed by atoms with Crippen molar-refractivity contribution in [3.8, 4) is 0 Å². The topological polar surface area (TPSA) is 69.6 Å². The Morgan fingerprint density at radius 3 is 2.55 bits per heavy atom. The molecule has 0 spiro atoms. The van der Waals surface area contributed by atoms with Crippen LogP contribution in [0.4, 0.5) is 5.69 Å². The number of carbonyl (C=O) groups is 2. The minimum atomic E-state index is -0.799. The lowest BCUT2D eigenvalue weighted by molar-refractivity contribution is -0.137. The van der Waals surface area contributed by atoms with Crippen molar-refractivity contribution >= 4 is 17.6 Å². The molecule has 0 heterocycles. The number of hydrogen-bond donors (Lipinski definition) is 2. The van der Waals surface area contributed by atoms with E-state index in [0.717, 1.165) is 11.3 Å². The van der Waals surface area contributed by atoms with Gasteiger partial charge in [-0.05, 0) is 38.0 Å². The molecule has 0 aliphatic carbocycles. The van der Waals surface area contributed by atoms with Crippen molar-refractivity contribution in [3.63, 3.8) is 0 Å². The molecule has 0 saturated carbocycles. The van der Waals surface area contributed by atoms with Crippen LogP contribution in [0.3, 0.4) is 0 Å². The van der Waals surface area contributed by atoms with Gasteiger partial charge in [0.15, 0.2) is 0 Å². The lowest BCUT2D eigenvalue weighted by Gasteiger charge is -2.18. The van der Waals surface area contributed by atoms with Gasteiger partial charge in [-0.1, -0.05) is 6.07 Å². The highest BCUT2D eigenvalue weighted by molar-refractivity contribution is 5.95. The Morgan fingerprint density at radius 2 is 2.00 bits per heavy atom. The van der Waals surface area contributed by atoms with Crippen molar-refractivity contribution in [2.24, 2.45) is 0 Å². The van der Waals surface area contributed by atoms with Crippen LogP contribution in [0.2, 0.25) is 0 Å². The Balaban J connectivity index is 2.81. The molecule has 0 bridgehead atoms. The molecule has 5 nitrogen and oxygen atoms in total. The summed E-state index contributed by atoms with van der Waals surface area (Å²) in [4.78, 5) is 24.0. The molecule has 0 aromatic heterocycles. The normalized spacial score (nSPS) is 11.8. The Bertz CT molecular complexity index is 498. The number of rotatable bonds is 6. The molecular weight excluding hydrogens is 256 g/mol. The predicted octanol–water partition coefficient (Wildman–Crippen LogP) is 2.36. The van der Waals surface area contributed by atoms with E-state index in [0.29, 0.717) is 12.0 Å². The second-order valence-corrected chi connectivity index (χ2v) is 5.21. The van der Waals surface area contributed by atoms with Crippen LogP contribution in [0.1, 0.15) is 35.7 Å². The highest BCUT2D eigenvalue weighted by atomic mass is 16.4. The van der Waals surface area contributed by atoms with Crippen molar-refractivity contribution in [2.75, 3.05) is 19.4 Å². The van der Waals surface area contributed by atoms with Crippen LogP contribution >= 0.6 is 0 Å². The van der Waals surface area contributed by atoms with Crippen molar-refractivity contribution in [2.45, 2.75) is 32.7 Å². The maximum Gasteiger partial charge on any atom is 0.303 e. The smallest absolute Gasteiger partial charge is 0.303 e. The number of anilines is 1. The number of benzene rings is 1. The summed E-state index contributed by atoms with van der Waals surface area (Å²) in [6.07, 6.45) is 0.671. The molecule has 5 heteroatoms. The van der Waals surface area contributed by atoms with Gasteiger partial charge in [0.05, 0.1) is 0 Å². The molecule has 0 radical (unpaired) electrons. The van der Waals surface area contributed by atoms with Crippen molar-refractivity contribution in [1.29, 1.82) is 0 Å². The highest BCUT2D eigenvalue weighted by Gasteiger charge is 2.12. The Labute approximate surface area is 119 Å². The van der Waals surface area contributed by atoms with Crippen LogP contribution < -0.4 is 5.32 Å². The maximum absolute atomic E-state index is 11.9. The van der Waals surface area contributed by atoms with E-state index in [1.807, 2.05) is 26.0 Å². The van der Waals surface area contributed by atoms with E-state index in [9.17, 15) is 9.59 Å². The zero-order valence-corrected chi connectivity index (χ0v) is 12.4. The Kier molecular flexibility index (Phi) is 5.55. The van der Waals surface area contributed by atoms with Crippen LogP contribution in [-0.2, 0) is 4.79 Å². The van der Waals surface area contributed by atoms with Gasteiger partial charge in [0.2, 0.25) is 0 Å². The highest BCUT2D eigenvalue weighted by Crippen LogP contribution is 2.19. The van der Waals surface area contributed by atoms with Gasteiger partial charge >= 0.3 is 5.97 Å². The van der Waals surface area contributed by atoms with Gasteiger partial charge in [-0.15, -0.1) is 0 Å². The van der Waals surface area contributed by atoms with E-state index < -0.39 is 5.97 Å². The SMILES string of the molecule is Cc1ccc(C(=O)N(C)C)cc1NC(C)CCC(=O)O. The summed E-state index contributed by atoms with van der Waals surface area (Å²) in [5, 5.41) is 11.9. The molecule has 1 atom stereocenters. The molecule has 1 unspecified atom stereocenters. The molecule has 110 valence electrons. The fraction of sp³-hybridized carbons (Fsp3) is 0.467. The van der Waals surface area contributed by atoms with Gasteiger partial charge < -0.3 is 15.3 Å². The summed E-state index contributed by atoms with van der Waals surface area (Å²) in [5.74, 6) is -0.849. The first-order chi connectivity index (χ1) is 9.31. The third-order valence-corrected chi connectivity index (χ3v) is 3.08. The minimum absolute atomic E-state index is 0.0366. The van der Waals surface area contributed by atoms with Crippen LogP contribution in [-0.4, -0.2) is 42.0 Å². The summed E-state index contributed by atoms with van der Waals surface area (Å²) in [6.45, 7) is 3.89. The average molecular weight is 278 g/mol. The lowest BCUT2D eigenvalue weighted by atomic mass is 10.1. The standard InChI is InChI=1S/C15H22N2O3/c1-10-5-7-12(15(20)17(3)4)9-13(10)16-11(2)6-8-14(18)19/h5,7,9,11,16H,6,8H2,1-4H3,(H,18,19). The van der Waals surface area contributed by atoms with Crippen molar-refractivity contribution in [3.05, 3.63) is 29.3 Å². The van der Waals surface area contributed by atoms with Crippen LogP contribution in [0.25, 0.3) is 0 Å². The number of hydrogen-bond acceptors (Lipinski definition) is 3. The molecule has 20 heavy (non-hydrogen) atoms. The van der Waals surface area contributed by atoms with Crippen LogP contribution in [0.15, 0.2) is 18.2 Å². The molecule has 0 fully saturated rings. The molecule has 1 amide bonds. The number of nitrogens with one attached hydrogen (secondary N) is 1. The van der Waals surface area contributed by atoms with Gasteiger partial charge in [0.1, 0.15) is 0 Å². The largest absolute Gasteiger partial charge is 0.481 e. The monoisotopic (exact) mass is 278 g/mol. The van der Waals surface area contributed by atoms with E-state index in [-0.39, 0.29) is 18.4 Å². The molecule has 1 aromatic carbocycles. The third kappa shape index (κ3) is 4.57. The third-order valence-electron chi connectivity index (χ3n) is 3.08. The fourth-order valence-electron chi connectivity index (χ4n) is 1.85. The van der Waals surface area contributed by atoms with Gasteiger partial charge in [0.25, 0.3) is 5.91 Å². The zero-order valence-electron chi connectivity index (χ0n) is 12.4. The van der Waals surface area contributed by atoms with E-state index in [4.69, 9.17) is 5.11 Å². The molecule has 2 N–H and O–H groups in total. The molecule has 0 saturated heterocycles. The first kappa shape index (κ1) is 16.0. The Morgan fingerprint density at radius 1 is 1.35 bits per heavy atom. The number of nitrogens with zero attached hydrogens (tertiary/aromatic N) is 1. The van der Waals surface area contributed by atoms with E-state index in [1.54, 1.807) is 20.2 Å². The number of carbonyl (C=O) groups excluding carboxylic acids is 1.